The van der Waals surface area contributed by atoms with Crippen molar-refractivity contribution in [3.05, 3.63) is 40.6 Å². The maximum absolute atomic E-state index is 12.8. The zero-order chi connectivity index (χ0) is 13.8. The summed E-state index contributed by atoms with van der Waals surface area (Å²) in [5, 5.41) is 0. The van der Waals surface area contributed by atoms with Gasteiger partial charge in [0.1, 0.15) is 10.1 Å². The molecule has 2 rings (SSSR count). The van der Waals surface area contributed by atoms with Gasteiger partial charge in [0, 0.05) is 6.54 Å². The van der Waals surface area contributed by atoms with Gasteiger partial charge in [0.05, 0.1) is 4.91 Å². The van der Waals surface area contributed by atoms with Crippen molar-refractivity contribution in [3.63, 3.8) is 0 Å². The summed E-state index contributed by atoms with van der Waals surface area (Å²) in [6.45, 7) is 2.74. The van der Waals surface area contributed by atoms with Crippen molar-refractivity contribution in [1.29, 1.82) is 0 Å². The first-order valence-electron chi connectivity index (χ1n) is 6.12. The van der Waals surface area contributed by atoms with Crippen LogP contribution in [0.4, 0.5) is 4.39 Å². The third kappa shape index (κ3) is 3.42. The summed E-state index contributed by atoms with van der Waals surface area (Å²) in [5.74, 6) is -0.333. The van der Waals surface area contributed by atoms with E-state index in [0.717, 1.165) is 18.4 Å². The Kier molecular flexibility index (Phi) is 4.71. The lowest BCUT2D eigenvalue weighted by atomic mass is 10.2. The molecule has 1 aromatic rings. The number of thiocarbonyl (C=S) groups is 1. The van der Waals surface area contributed by atoms with Crippen LogP contribution in [0.1, 0.15) is 25.3 Å². The molecule has 0 spiro atoms. The van der Waals surface area contributed by atoms with Gasteiger partial charge >= 0.3 is 0 Å². The van der Waals surface area contributed by atoms with Crippen LogP contribution in [0.3, 0.4) is 0 Å². The van der Waals surface area contributed by atoms with E-state index >= 15 is 0 Å². The van der Waals surface area contributed by atoms with Gasteiger partial charge in [-0.2, -0.15) is 0 Å². The van der Waals surface area contributed by atoms with E-state index in [0.29, 0.717) is 15.8 Å². The van der Waals surface area contributed by atoms with Crippen molar-refractivity contribution in [2.75, 3.05) is 6.54 Å². The summed E-state index contributed by atoms with van der Waals surface area (Å²) in [6, 6.07) is 6.05. The minimum absolute atomic E-state index is 0.0484. The van der Waals surface area contributed by atoms with Crippen LogP contribution in [0.5, 0.6) is 0 Å². The van der Waals surface area contributed by atoms with Crippen molar-refractivity contribution in [2.45, 2.75) is 19.8 Å². The summed E-state index contributed by atoms with van der Waals surface area (Å²) in [7, 11) is 0. The third-order valence-electron chi connectivity index (χ3n) is 2.78. The molecule has 1 amide bonds. The van der Waals surface area contributed by atoms with Crippen LogP contribution in [0.2, 0.25) is 0 Å². The largest absolute Gasteiger partial charge is 0.293 e. The van der Waals surface area contributed by atoms with Crippen LogP contribution >= 0.6 is 24.0 Å². The summed E-state index contributed by atoms with van der Waals surface area (Å²) < 4.78 is 13.4. The molecule has 1 saturated heterocycles. The lowest BCUT2D eigenvalue weighted by Gasteiger charge is -2.12. The van der Waals surface area contributed by atoms with Crippen molar-refractivity contribution in [3.8, 4) is 0 Å². The van der Waals surface area contributed by atoms with Gasteiger partial charge in [-0.1, -0.05) is 49.5 Å². The Bertz CT molecular complexity index is 525. The molecule has 100 valence electrons. The summed E-state index contributed by atoms with van der Waals surface area (Å²) in [6.07, 6.45) is 3.72. The molecule has 5 heteroatoms. The molecule has 19 heavy (non-hydrogen) atoms. The lowest BCUT2D eigenvalue weighted by Crippen LogP contribution is -2.28. The van der Waals surface area contributed by atoms with Gasteiger partial charge < -0.3 is 0 Å². The Hall–Kier alpha value is -1.20. The highest BCUT2D eigenvalue weighted by Gasteiger charge is 2.31. The SMILES string of the molecule is CCCCN1C(=O)/C(=C/c2ccc(F)cc2)SC1=S. The Morgan fingerprint density at radius 3 is 2.68 bits per heavy atom. The van der Waals surface area contributed by atoms with Gasteiger partial charge in [0.25, 0.3) is 5.91 Å². The first-order chi connectivity index (χ1) is 9.11. The van der Waals surface area contributed by atoms with E-state index in [1.165, 1.54) is 23.9 Å². The average molecular weight is 295 g/mol. The van der Waals surface area contributed by atoms with Crippen LogP contribution in [-0.2, 0) is 4.79 Å². The van der Waals surface area contributed by atoms with Crippen LogP contribution in [-0.4, -0.2) is 21.7 Å². The number of rotatable bonds is 4. The van der Waals surface area contributed by atoms with E-state index in [4.69, 9.17) is 12.2 Å². The first-order valence-corrected chi connectivity index (χ1v) is 7.35. The molecule has 1 aromatic carbocycles. The summed E-state index contributed by atoms with van der Waals surface area (Å²) in [5.41, 5.74) is 0.803. The van der Waals surface area contributed by atoms with Gasteiger partial charge in [-0.15, -0.1) is 0 Å². The van der Waals surface area contributed by atoms with Gasteiger partial charge in [-0.05, 0) is 30.2 Å². The predicted molar refractivity (Wildman–Crippen MR) is 81.2 cm³/mol. The highest BCUT2D eigenvalue weighted by atomic mass is 32.2. The van der Waals surface area contributed by atoms with Gasteiger partial charge in [-0.25, -0.2) is 4.39 Å². The molecular formula is C14H14FNOS2. The van der Waals surface area contributed by atoms with E-state index in [1.807, 2.05) is 0 Å². The predicted octanol–water partition coefficient (Wildman–Crippen LogP) is 3.83. The number of hydrogen-bond acceptors (Lipinski definition) is 3. The van der Waals surface area contributed by atoms with E-state index in [9.17, 15) is 9.18 Å². The maximum atomic E-state index is 12.8. The molecule has 0 aromatic heterocycles. The third-order valence-corrected chi connectivity index (χ3v) is 4.15. The number of hydrogen-bond donors (Lipinski definition) is 0. The molecule has 0 radical (unpaired) electrons. The average Bonchev–Trinajstić information content (AvgIpc) is 2.65. The maximum Gasteiger partial charge on any atom is 0.266 e. The highest BCUT2D eigenvalue weighted by Crippen LogP contribution is 2.32. The zero-order valence-electron chi connectivity index (χ0n) is 10.6. The molecule has 0 atom stereocenters. The molecule has 2 nitrogen and oxygen atoms in total. The topological polar surface area (TPSA) is 20.3 Å². The van der Waals surface area contributed by atoms with Crippen LogP contribution in [0.15, 0.2) is 29.2 Å². The van der Waals surface area contributed by atoms with E-state index < -0.39 is 0 Å². The molecule has 0 aliphatic carbocycles. The molecule has 1 heterocycles. The Balaban J connectivity index is 2.16. The van der Waals surface area contributed by atoms with E-state index in [2.05, 4.69) is 6.92 Å². The Morgan fingerprint density at radius 2 is 2.05 bits per heavy atom. The normalized spacial score (nSPS) is 17.6. The van der Waals surface area contributed by atoms with E-state index in [1.54, 1.807) is 23.1 Å². The fraction of sp³-hybridized carbons (Fsp3) is 0.286. The fourth-order valence-corrected chi connectivity index (χ4v) is 3.03. The Morgan fingerprint density at radius 1 is 1.37 bits per heavy atom. The number of carbonyl (C=O) groups excluding carboxylic acids is 1. The molecular weight excluding hydrogens is 281 g/mol. The van der Waals surface area contributed by atoms with Crippen molar-refractivity contribution in [1.82, 2.24) is 4.90 Å². The zero-order valence-corrected chi connectivity index (χ0v) is 12.2. The number of nitrogens with zero attached hydrogens (tertiary/aromatic N) is 1. The minimum atomic E-state index is -0.285. The fourth-order valence-electron chi connectivity index (χ4n) is 1.72. The summed E-state index contributed by atoms with van der Waals surface area (Å²) >= 11 is 6.52. The van der Waals surface area contributed by atoms with E-state index in [-0.39, 0.29) is 11.7 Å². The molecule has 0 bridgehead atoms. The number of halogens is 1. The minimum Gasteiger partial charge on any atom is -0.293 e. The second-order valence-electron chi connectivity index (χ2n) is 4.24. The van der Waals surface area contributed by atoms with Crippen LogP contribution < -0.4 is 0 Å². The van der Waals surface area contributed by atoms with Crippen molar-refractivity contribution in [2.24, 2.45) is 0 Å². The number of benzene rings is 1. The van der Waals surface area contributed by atoms with Crippen LogP contribution in [0, 0.1) is 5.82 Å². The Labute approximate surface area is 121 Å². The monoisotopic (exact) mass is 295 g/mol. The number of carbonyl (C=O) groups is 1. The molecule has 0 N–H and O–H groups in total. The highest BCUT2D eigenvalue weighted by molar-refractivity contribution is 8.26. The summed E-state index contributed by atoms with van der Waals surface area (Å²) in [4.78, 5) is 14.4. The van der Waals surface area contributed by atoms with Crippen molar-refractivity contribution >= 4 is 40.3 Å². The standard InChI is InChI=1S/C14H14FNOS2/c1-2-3-8-16-13(17)12(19-14(16)18)9-10-4-6-11(15)7-5-10/h4-7,9H,2-3,8H2,1H3/b12-9-. The second kappa shape index (κ2) is 6.30. The molecule has 1 aliphatic rings. The molecule has 0 saturated carbocycles. The smallest absolute Gasteiger partial charge is 0.266 e. The number of thioether (sulfide) groups is 1. The van der Waals surface area contributed by atoms with Gasteiger partial charge in [-0.3, -0.25) is 9.69 Å². The van der Waals surface area contributed by atoms with Crippen LogP contribution in [0.25, 0.3) is 6.08 Å². The number of unbranched alkanes of at least 4 members (excludes halogenated alkanes) is 1. The quantitative estimate of drug-likeness (QED) is 0.622. The number of amides is 1. The van der Waals surface area contributed by atoms with Gasteiger partial charge in [0.2, 0.25) is 0 Å². The van der Waals surface area contributed by atoms with Crippen molar-refractivity contribution < 1.29 is 9.18 Å². The lowest BCUT2D eigenvalue weighted by molar-refractivity contribution is -0.122. The molecule has 1 fully saturated rings. The molecule has 0 unspecified atom stereocenters. The van der Waals surface area contributed by atoms with Gasteiger partial charge in [0.15, 0.2) is 0 Å². The first kappa shape index (κ1) is 14.2. The second-order valence-corrected chi connectivity index (χ2v) is 5.91. The molecule has 1 aliphatic heterocycles.